The van der Waals surface area contributed by atoms with Gasteiger partial charge in [0.15, 0.2) is 0 Å². The average Bonchev–Trinajstić information content (AvgIpc) is 2.90. The second kappa shape index (κ2) is 13.5. The van der Waals surface area contributed by atoms with Crippen molar-refractivity contribution in [2.24, 2.45) is 0 Å². The molecule has 1 aliphatic heterocycles. The van der Waals surface area contributed by atoms with Crippen LogP contribution in [0.1, 0.15) is 28.8 Å². The first-order chi connectivity index (χ1) is 18.5. The van der Waals surface area contributed by atoms with E-state index >= 15 is 0 Å². The zero-order valence-electron chi connectivity index (χ0n) is 21.0. The van der Waals surface area contributed by atoms with Crippen LogP contribution in [-0.4, -0.2) is 59.5 Å². The number of carbonyl (C=O) groups excluding carboxylic acids is 1. The third-order valence-corrected chi connectivity index (χ3v) is 6.29. The molecular weight excluding hydrogens is 537 g/mol. The maximum Gasteiger partial charge on any atom is 0.490 e. The maximum absolute atomic E-state index is 12.6. The zero-order valence-corrected chi connectivity index (χ0v) is 21.8. The molecule has 0 atom stereocenters. The number of carboxylic acid groups (broad SMARTS) is 1. The molecule has 3 N–H and O–H groups in total. The number of carbonyl (C=O) groups is 2. The van der Waals surface area contributed by atoms with Crippen molar-refractivity contribution in [1.29, 1.82) is 0 Å². The Balaban J connectivity index is 0.000000532. The van der Waals surface area contributed by atoms with Gasteiger partial charge < -0.3 is 20.3 Å². The Morgan fingerprint density at radius 3 is 2.23 bits per heavy atom. The summed E-state index contributed by atoms with van der Waals surface area (Å²) in [7, 11) is 1.69. The summed E-state index contributed by atoms with van der Waals surface area (Å²) in [6.07, 6.45) is -3.67. The Bertz CT molecular complexity index is 1280. The molecule has 208 valence electrons. The van der Waals surface area contributed by atoms with E-state index in [1.54, 1.807) is 31.4 Å². The number of aliphatic carboxylic acids is 1. The zero-order chi connectivity index (χ0) is 28.6. The summed E-state index contributed by atoms with van der Waals surface area (Å²) in [6, 6.07) is 20.8. The number of hydrogen-bond donors (Lipinski definition) is 3. The molecule has 1 saturated heterocycles. The number of halogens is 4. The van der Waals surface area contributed by atoms with Crippen molar-refractivity contribution in [2.45, 2.75) is 31.7 Å². The van der Waals surface area contributed by atoms with E-state index in [2.05, 4.69) is 16.3 Å². The molecule has 1 heterocycles. The monoisotopic (exact) mass is 564 g/mol. The number of carboxylic acids is 1. The van der Waals surface area contributed by atoms with Gasteiger partial charge in [0.1, 0.15) is 5.75 Å². The summed E-state index contributed by atoms with van der Waals surface area (Å²) < 4.78 is 37.3. The van der Waals surface area contributed by atoms with Crippen LogP contribution in [0.4, 0.5) is 18.9 Å². The fraction of sp³-hybridized carbons (Fsp3) is 0.286. The van der Waals surface area contributed by atoms with Gasteiger partial charge in [-0.05, 0) is 72.5 Å². The third kappa shape index (κ3) is 8.98. The topological polar surface area (TPSA) is 99.1 Å². The molecule has 1 aliphatic rings. The molecule has 0 spiro atoms. The number of amides is 1. The van der Waals surface area contributed by atoms with Crippen LogP contribution in [-0.2, 0) is 11.3 Å². The van der Waals surface area contributed by atoms with Gasteiger partial charge in [-0.2, -0.15) is 13.2 Å². The fourth-order valence-corrected chi connectivity index (χ4v) is 4.11. The Hall–Kier alpha value is -3.60. The predicted molar refractivity (Wildman–Crippen MR) is 142 cm³/mol. The molecule has 0 aromatic heterocycles. The molecular formula is C28H28ClF3N2O5. The van der Waals surface area contributed by atoms with Crippen LogP contribution in [0.5, 0.6) is 5.75 Å². The van der Waals surface area contributed by atoms with Crippen LogP contribution < -0.4 is 10.1 Å². The minimum atomic E-state index is -5.08. The van der Waals surface area contributed by atoms with E-state index in [1.165, 1.54) is 0 Å². The highest BCUT2D eigenvalue weighted by molar-refractivity contribution is 6.30. The molecule has 3 aromatic carbocycles. The number of likely N-dealkylation sites (tertiary alicyclic amines) is 1. The summed E-state index contributed by atoms with van der Waals surface area (Å²) in [5.41, 5.74) is 4.46. The van der Waals surface area contributed by atoms with Gasteiger partial charge in [-0.25, -0.2) is 4.79 Å². The van der Waals surface area contributed by atoms with Crippen molar-refractivity contribution in [3.63, 3.8) is 0 Å². The van der Waals surface area contributed by atoms with Crippen LogP contribution in [0.3, 0.4) is 0 Å². The first-order valence-corrected chi connectivity index (χ1v) is 12.4. The molecule has 7 nitrogen and oxygen atoms in total. The van der Waals surface area contributed by atoms with Gasteiger partial charge in [0.25, 0.3) is 5.91 Å². The second-order valence-corrected chi connectivity index (χ2v) is 9.32. The standard InChI is InChI=1S/C26H27ClN2O3.C2HF3O2/c1-32-25-10-7-20(15-21(25)17-29-13-11-24(30)12-14-29)19-3-2-4-23(16-19)28-26(31)18-5-8-22(27)9-6-18;3-2(4,5)1(6)7/h2-10,15-16,24,30H,11-14,17H2,1H3,(H,28,31);(H,6,7). The molecule has 0 saturated carbocycles. The molecule has 0 radical (unpaired) electrons. The summed E-state index contributed by atoms with van der Waals surface area (Å²) in [4.78, 5) is 23.8. The van der Waals surface area contributed by atoms with E-state index in [-0.39, 0.29) is 12.0 Å². The molecule has 11 heteroatoms. The molecule has 0 aliphatic carbocycles. The SMILES string of the molecule is COc1ccc(-c2cccc(NC(=O)c3ccc(Cl)cc3)c2)cc1CN1CCC(O)CC1.O=C(O)C(F)(F)F. The number of aliphatic hydroxyl groups is 1. The van der Waals surface area contributed by atoms with Crippen LogP contribution in [0, 0.1) is 0 Å². The van der Waals surface area contributed by atoms with E-state index in [1.807, 2.05) is 36.4 Å². The van der Waals surface area contributed by atoms with Crippen molar-refractivity contribution in [1.82, 2.24) is 4.90 Å². The lowest BCUT2D eigenvalue weighted by molar-refractivity contribution is -0.192. The van der Waals surface area contributed by atoms with Gasteiger partial charge in [0.05, 0.1) is 13.2 Å². The lowest BCUT2D eigenvalue weighted by atomic mass is 10.0. The minimum absolute atomic E-state index is 0.179. The Kier molecular flexibility index (Phi) is 10.3. The molecule has 1 fully saturated rings. The Labute approximate surface area is 228 Å². The van der Waals surface area contributed by atoms with Crippen LogP contribution >= 0.6 is 11.6 Å². The number of anilines is 1. The number of ether oxygens (including phenoxy) is 1. The normalized spacial score (nSPS) is 14.2. The quantitative estimate of drug-likeness (QED) is 0.347. The number of piperidine rings is 1. The highest BCUT2D eigenvalue weighted by atomic mass is 35.5. The summed E-state index contributed by atoms with van der Waals surface area (Å²) in [5.74, 6) is -2.08. The lowest BCUT2D eigenvalue weighted by Crippen LogP contribution is -2.35. The number of alkyl halides is 3. The van der Waals surface area contributed by atoms with Gasteiger partial charge in [-0.3, -0.25) is 9.69 Å². The number of methoxy groups -OCH3 is 1. The number of nitrogens with zero attached hydrogens (tertiary/aromatic N) is 1. The maximum atomic E-state index is 12.6. The summed E-state index contributed by atoms with van der Waals surface area (Å²) in [5, 5.41) is 20.5. The largest absolute Gasteiger partial charge is 0.496 e. The fourth-order valence-electron chi connectivity index (χ4n) is 3.98. The molecule has 39 heavy (non-hydrogen) atoms. The molecule has 3 aromatic rings. The van der Waals surface area contributed by atoms with E-state index in [0.29, 0.717) is 10.6 Å². The van der Waals surface area contributed by atoms with E-state index < -0.39 is 12.1 Å². The Morgan fingerprint density at radius 2 is 1.64 bits per heavy atom. The van der Waals surface area contributed by atoms with Gasteiger partial charge in [0.2, 0.25) is 0 Å². The lowest BCUT2D eigenvalue weighted by Gasteiger charge is -2.30. The van der Waals surface area contributed by atoms with Gasteiger partial charge in [-0.1, -0.05) is 29.8 Å². The number of rotatable bonds is 6. The molecule has 0 bridgehead atoms. The van der Waals surface area contributed by atoms with Crippen molar-refractivity contribution in [2.75, 3.05) is 25.5 Å². The number of hydrogen-bond acceptors (Lipinski definition) is 5. The third-order valence-electron chi connectivity index (χ3n) is 6.03. The Morgan fingerprint density at radius 1 is 1.03 bits per heavy atom. The predicted octanol–water partition coefficient (Wildman–Crippen LogP) is 5.86. The van der Waals surface area contributed by atoms with Crippen molar-refractivity contribution < 1.29 is 37.7 Å². The summed E-state index contributed by atoms with van der Waals surface area (Å²) in [6.45, 7) is 2.53. The second-order valence-electron chi connectivity index (χ2n) is 8.88. The molecule has 0 unspecified atom stereocenters. The average molecular weight is 565 g/mol. The van der Waals surface area contributed by atoms with Crippen molar-refractivity contribution in [3.8, 4) is 16.9 Å². The highest BCUT2D eigenvalue weighted by Crippen LogP contribution is 2.30. The molecule has 1 amide bonds. The minimum Gasteiger partial charge on any atom is -0.496 e. The first kappa shape index (κ1) is 29.9. The highest BCUT2D eigenvalue weighted by Gasteiger charge is 2.38. The van der Waals surface area contributed by atoms with Crippen LogP contribution in [0.25, 0.3) is 11.1 Å². The van der Waals surface area contributed by atoms with Crippen molar-refractivity contribution >= 4 is 29.2 Å². The van der Waals surface area contributed by atoms with Gasteiger partial charge >= 0.3 is 12.1 Å². The number of nitrogens with one attached hydrogen (secondary N) is 1. The van der Waals surface area contributed by atoms with Gasteiger partial charge in [0, 0.05) is 41.5 Å². The van der Waals surface area contributed by atoms with E-state index in [0.717, 1.165) is 60.6 Å². The van der Waals surface area contributed by atoms with E-state index in [4.69, 9.17) is 26.2 Å². The van der Waals surface area contributed by atoms with Crippen LogP contribution in [0.15, 0.2) is 66.7 Å². The van der Waals surface area contributed by atoms with Gasteiger partial charge in [-0.15, -0.1) is 0 Å². The number of aliphatic hydroxyl groups excluding tert-OH is 1. The first-order valence-electron chi connectivity index (χ1n) is 12.0. The summed E-state index contributed by atoms with van der Waals surface area (Å²) >= 11 is 5.91. The van der Waals surface area contributed by atoms with Crippen LogP contribution in [0.2, 0.25) is 5.02 Å². The van der Waals surface area contributed by atoms with Crippen molar-refractivity contribution in [3.05, 3.63) is 82.9 Å². The van der Waals surface area contributed by atoms with E-state index in [9.17, 15) is 23.1 Å². The smallest absolute Gasteiger partial charge is 0.490 e. The molecule has 4 rings (SSSR count). The number of benzene rings is 3.